The first-order valence-electron chi connectivity index (χ1n) is 4.75. The highest BCUT2D eigenvalue weighted by molar-refractivity contribution is 7.12. The van der Waals surface area contributed by atoms with Gasteiger partial charge in [-0.2, -0.15) is 4.39 Å². The van der Waals surface area contributed by atoms with E-state index in [-0.39, 0.29) is 11.7 Å². The molecule has 0 radical (unpaired) electrons. The molecule has 1 N–H and O–H groups in total. The number of methoxy groups -OCH3 is 1. The zero-order valence-corrected chi connectivity index (χ0v) is 9.75. The maximum atomic E-state index is 12.8. The number of halogens is 1. The van der Waals surface area contributed by atoms with Crippen molar-refractivity contribution in [3.8, 4) is 5.75 Å². The van der Waals surface area contributed by atoms with Gasteiger partial charge in [0, 0.05) is 11.4 Å². The van der Waals surface area contributed by atoms with Gasteiger partial charge < -0.3 is 10.1 Å². The summed E-state index contributed by atoms with van der Waals surface area (Å²) in [5.41, 5.74) is 0. The van der Waals surface area contributed by atoms with Crippen molar-refractivity contribution in [3.05, 3.63) is 40.5 Å². The second-order valence-corrected chi connectivity index (χ2v) is 4.06. The monoisotopic (exact) mass is 252 g/mol. The molecule has 1 amide bonds. The number of carbonyl (C=O) groups excluding carboxylic acids is 1. The van der Waals surface area contributed by atoms with Crippen LogP contribution in [-0.4, -0.2) is 18.0 Å². The lowest BCUT2D eigenvalue weighted by molar-refractivity contribution is 0.103. The van der Waals surface area contributed by atoms with E-state index in [1.807, 2.05) is 0 Å². The summed E-state index contributed by atoms with van der Waals surface area (Å²) >= 11 is 1.25. The van der Waals surface area contributed by atoms with Crippen LogP contribution in [0.2, 0.25) is 0 Å². The number of anilines is 1. The number of thiophene rings is 1. The minimum Gasteiger partial charge on any atom is -0.496 e. The van der Waals surface area contributed by atoms with Crippen molar-refractivity contribution >= 4 is 23.1 Å². The van der Waals surface area contributed by atoms with E-state index < -0.39 is 5.95 Å². The standard InChI is InChI=1S/C11H9FN2O2S/c1-16-7-5-8(17-6-7)11(15)14-10-4-2-3-9(12)13-10/h2-6H,1H3,(H,13,14,15). The second kappa shape index (κ2) is 4.92. The highest BCUT2D eigenvalue weighted by atomic mass is 32.1. The van der Waals surface area contributed by atoms with Crippen LogP contribution in [0.3, 0.4) is 0 Å². The van der Waals surface area contributed by atoms with E-state index in [0.717, 1.165) is 0 Å². The molecule has 0 fully saturated rings. The number of rotatable bonds is 3. The number of nitrogens with one attached hydrogen (secondary N) is 1. The third-order valence-electron chi connectivity index (χ3n) is 1.99. The van der Waals surface area contributed by atoms with Crippen molar-refractivity contribution in [2.75, 3.05) is 12.4 Å². The zero-order valence-electron chi connectivity index (χ0n) is 8.94. The number of nitrogens with zero attached hydrogens (tertiary/aromatic N) is 1. The van der Waals surface area contributed by atoms with Crippen LogP contribution in [0.5, 0.6) is 5.75 Å². The van der Waals surface area contributed by atoms with Gasteiger partial charge in [0.05, 0.1) is 12.0 Å². The molecule has 0 saturated heterocycles. The van der Waals surface area contributed by atoms with Crippen LogP contribution in [0.1, 0.15) is 9.67 Å². The van der Waals surface area contributed by atoms with Crippen LogP contribution < -0.4 is 10.1 Å². The summed E-state index contributed by atoms with van der Waals surface area (Å²) in [6, 6.07) is 5.82. The van der Waals surface area contributed by atoms with Gasteiger partial charge in [0.15, 0.2) is 0 Å². The Morgan fingerprint density at radius 3 is 3.00 bits per heavy atom. The molecule has 88 valence electrons. The lowest BCUT2D eigenvalue weighted by atomic mass is 10.4. The summed E-state index contributed by atoms with van der Waals surface area (Å²) in [5.74, 6) is -0.169. The molecule has 4 nitrogen and oxygen atoms in total. The molecule has 0 unspecified atom stereocenters. The van der Waals surface area contributed by atoms with Gasteiger partial charge >= 0.3 is 0 Å². The van der Waals surface area contributed by atoms with Crippen LogP contribution in [0.15, 0.2) is 29.6 Å². The first-order chi connectivity index (χ1) is 8.19. The van der Waals surface area contributed by atoms with Crippen LogP contribution in [0, 0.1) is 5.95 Å². The van der Waals surface area contributed by atoms with E-state index in [9.17, 15) is 9.18 Å². The van der Waals surface area contributed by atoms with Crippen LogP contribution in [0.4, 0.5) is 10.2 Å². The summed E-state index contributed by atoms with van der Waals surface area (Å²) in [6.45, 7) is 0. The molecule has 17 heavy (non-hydrogen) atoms. The van der Waals surface area contributed by atoms with E-state index in [2.05, 4.69) is 10.3 Å². The van der Waals surface area contributed by atoms with E-state index >= 15 is 0 Å². The maximum absolute atomic E-state index is 12.8. The van der Waals surface area contributed by atoms with E-state index in [4.69, 9.17) is 4.74 Å². The smallest absolute Gasteiger partial charge is 0.267 e. The van der Waals surface area contributed by atoms with Crippen molar-refractivity contribution in [2.45, 2.75) is 0 Å². The molecule has 2 aromatic rings. The Kier molecular flexibility index (Phi) is 3.34. The summed E-state index contributed by atoms with van der Waals surface area (Å²) in [5, 5.41) is 4.22. The zero-order chi connectivity index (χ0) is 12.3. The first kappa shape index (κ1) is 11.5. The van der Waals surface area contributed by atoms with Gasteiger partial charge in [-0.05, 0) is 12.1 Å². The lowest BCUT2D eigenvalue weighted by Crippen LogP contribution is -2.11. The van der Waals surface area contributed by atoms with Crippen molar-refractivity contribution < 1.29 is 13.9 Å². The van der Waals surface area contributed by atoms with Crippen molar-refractivity contribution in [2.24, 2.45) is 0 Å². The molecule has 2 rings (SSSR count). The number of hydrogen-bond donors (Lipinski definition) is 1. The fraction of sp³-hybridized carbons (Fsp3) is 0.0909. The minimum atomic E-state index is -0.633. The van der Waals surface area contributed by atoms with Crippen molar-refractivity contribution in [3.63, 3.8) is 0 Å². The van der Waals surface area contributed by atoms with Gasteiger partial charge in [-0.3, -0.25) is 4.79 Å². The Morgan fingerprint density at radius 2 is 2.35 bits per heavy atom. The quantitative estimate of drug-likeness (QED) is 0.854. The number of hydrogen-bond acceptors (Lipinski definition) is 4. The molecule has 0 saturated carbocycles. The number of ether oxygens (including phenoxy) is 1. The van der Waals surface area contributed by atoms with Gasteiger partial charge in [-0.15, -0.1) is 11.3 Å². The third-order valence-corrected chi connectivity index (χ3v) is 2.90. The Morgan fingerprint density at radius 1 is 1.53 bits per heavy atom. The summed E-state index contributed by atoms with van der Waals surface area (Å²) in [7, 11) is 1.53. The van der Waals surface area contributed by atoms with Gasteiger partial charge in [0.25, 0.3) is 5.91 Å². The molecule has 0 spiro atoms. The van der Waals surface area contributed by atoms with Gasteiger partial charge in [0.1, 0.15) is 11.6 Å². The fourth-order valence-corrected chi connectivity index (χ4v) is 1.95. The van der Waals surface area contributed by atoms with E-state index in [0.29, 0.717) is 10.6 Å². The number of pyridine rings is 1. The Hall–Kier alpha value is -1.95. The summed E-state index contributed by atoms with van der Waals surface area (Å²) in [6.07, 6.45) is 0. The summed E-state index contributed by atoms with van der Waals surface area (Å²) < 4.78 is 17.8. The van der Waals surface area contributed by atoms with Crippen LogP contribution in [0.25, 0.3) is 0 Å². The van der Waals surface area contributed by atoms with Gasteiger partial charge in [0.2, 0.25) is 5.95 Å². The largest absolute Gasteiger partial charge is 0.496 e. The van der Waals surface area contributed by atoms with Gasteiger partial charge in [-0.25, -0.2) is 4.98 Å². The molecule has 0 aliphatic heterocycles. The molecule has 0 bridgehead atoms. The molecule has 2 aromatic heterocycles. The molecule has 0 aliphatic rings. The first-order valence-corrected chi connectivity index (χ1v) is 5.63. The normalized spacial score (nSPS) is 10.0. The molecule has 6 heteroatoms. The highest BCUT2D eigenvalue weighted by Crippen LogP contribution is 2.21. The maximum Gasteiger partial charge on any atom is 0.267 e. The van der Waals surface area contributed by atoms with E-state index in [1.165, 1.54) is 36.6 Å². The Bertz CT molecular complexity index is 542. The predicted molar refractivity (Wildman–Crippen MR) is 63.0 cm³/mol. The minimum absolute atomic E-state index is 0.183. The summed E-state index contributed by atoms with van der Waals surface area (Å²) in [4.78, 5) is 15.8. The average molecular weight is 252 g/mol. The molecular weight excluding hydrogens is 243 g/mol. The molecular formula is C11H9FN2O2S. The third kappa shape index (κ3) is 2.79. The Labute approximate surface area is 101 Å². The molecule has 0 aliphatic carbocycles. The van der Waals surface area contributed by atoms with E-state index in [1.54, 1.807) is 11.4 Å². The lowest BCUT2D eigenvalue weighted by Gasteiger charge is -2.01. The number of amides is 1. The SMILES string of the molecule is COc1csc(C(=O)Nc2cccc(F)n2)c1. The van der Waals surface area contributed by atoms with Crippen molar-refractivity contribution in [1.82, 2.24) is 4.98 Å². The average Bonchev–Trinajstić information content (AvgIpc) is 2.77. The van der Waals surface area contributed by atoms with Crippen molar-refractivity contribution in [1.29, 1.82) is 0 Å². The fourth-order valence-electron chi connectivity index (χ4n) is 1.20. The van der Waals surface area contributed by atoms with Crippen LogP contribution in [-0.2, 0) is 0 Å². The second-order valence-electron chi connectivity index (χ2n) is 3.15. The number of aromatic nitrogens is 1. The number of carbonyl (C=O) groups is 1. The molecule has 2 heterocycles. The predicted octanol–water partition coefficient (Wildman–Crippen LogP) is 2.54. The van der Waals surface area contributed by atoms with Gasteiger partial charge in [-0.1, -0.05) is 6.07 Å². The topological polar surface area (TPSA) is 51.2 Å². The molecule has 0 aromatic carbocycles. The Balaban J connectivity index is 2.11. The molecule has 0 atom stereocenters. The van der Waals surface area contributed by atoms with Crippen LogP contribution >= 0.6 is 11.3 Å². The highest BCUT2D eigenvalue weighted by Gasteiger charge is 2.10.